The lowest BCUT2D eigenvalue weighted by Crippen LogP contribution is -2.41. The number of aromatic nitrogens is 2. The predicted octanol–water partition coefficient (Wildman–Crippen LogP) is 2.90. The Morgan fingerprint density at radius 2 is 1.91 bits per heavy atom. The summed E-state index contributed by atoms with van der Waals surface area (Å²) in [5.74, 6) is -0.121. The number of hydrogen-bond acceptors (Lipinski definition) is 6. The van der Waals surface area contributed by atoms with E-state index in [0.29, 0.717) is 37.6 Å². The van der Waals surface area contributed by atoms with Crippen molar-refractivity contribution in [1.29, 1.82) is 0 Å². The molecule has 11 heteroatoms. The van der Waals surface area contributed by atoms with Crippen LogP contribution in [0.3, 0.4) is 0 Å². The lowest BCUT2D eigenvalue weighted by molar-refractivity contribution is 0.0595. The van der Waals surface area contributed by atoms with Gasteiger partial charge in [-0.2, -0.15) is 9.40 Å². The van der Waals surface area contributed by atoms with E-state index in [1.807, 2.05) is 0 Å². The molecule has 0 saturated carbocycles. The fraction of sp³-hybridized carbons (Fsp3) is 0.524. The summed E-state index contributed by atoms with van der Waals surface area (Å²) < 4.78 is 46.9. The van der Waals surface area contributed by atoms with Crippen molar-refractivity contribution in [2.75, 3.05) is 38.2 Å². The summed E-state index contributed by atoms with van der Waals surface area (Å²) in [6, 6.07) is 4.52. The SMILES string of the molecule is O=c1c(Cl)c(NC[C@H]2CCCOC2)cnn1C1CCN(S(=O)(=O)c2ccc(F)cc2)CC1. The molecule has 1 aromatic carbocycles. The van der Waals surface area contributed by atoms with Crippen LogP contribution >= 0.6 is 11.6 Å². The van der Waals surface area contributed by atoms with Gasteiger partial charge in [0, 0.05) is 26.2 Å². The largest absolute Gasteiger partial charge is 0.382 e. The number of ether oxygens (including phenoxy) is 1. The fourth-order valence-electron chi connectivity index (χ4n) is 4.13. The topological polar surface area (TPSA) is 93.5 Å². The van der Waals surface area contributed by atoms with Gasteiger partial charge in [0.05, 0.1) is 29.4 Å². The number of nitrogens with one attached hydrogen (secondary N) is 1. The van der Waals surface area contributed by atoms with Crippen molar-refractivity contribution in [2.24, 2.45) is 5.92 Å². The number of anilines is 1. The Labute approximate surface area is 191 Å². The number of halogens is 2. The van der Waals surface area contributed by atoms with E-state index in [4.69, 9.17) is 16.3 Å². The molecule has 0 aliphatic carbocycles. The summed E-state index contributed by atoms with van der Waals surface area (Å²) >= 11 is 6.33. The Morgan fingerprint density at radius 1 is 1.19 bits per heavy atom. The highest BCUT2D eigenvalue weighted by Crippen LogP contribution is 2.27. The highest BCUT2D eigenvalue weighted by molar-refractivity contribution is 7.89. The molecule has 0 bridgehead atoms. The lowest BCUT2D eigenvalue weighted by atomic mass is 10.0. The minimum Gasteiger partial charge on any atom is -0.382 e. The van der Waals surface area contributed by atoms with Crippen LogP contribution in [0.4, 0.5) is 10.1 Å². The molecule has 4 rings (SSSR count). The molecule has 1 atom stereocenters. The van der Waals surface area contributed by atoms with Crippen molar-refractivity contribution in [3.63, 3.8) is 0 Å². The highest BCUT2D eigenvalue weighted by Gasteiger charge is 2.31. The molecule has 2 aromatic rings. The van der Waals surface area contributed by atoms with E-state index in [9.17, 15) is 17.6 Å². The first-order chi connectivity index (χ1) is 15.4. The predicted molar refractivity (Wildman–Crippen MR) is 119 cm³/mol. The van der Waals surface area contributed by atoms with E-state index in [0.717, 1.165) is 31.6 Å². The smallest absolute Gasteiger partial charge is 0.287 e. The van der Waals surface area contributed by atoms with Crippen molar-refractivity contribution in [1.82, 2.24) is 14.1 Å². The molecular formula is C21H26ClFN4O4S. The van der Waals surface area contributed by atoms with Gasteiger partial charge in [-0.3, -0.25) is 4.79 Å². The fourth-order valence-corrected chi connectivity index (χ4v) is 5.81. The van der Waals surface area contributed by atoms with Gasteiger partial charge >= 0.3 is 0 Å². The average molecular weight is 485 g/mol. The number of benzene rings is 1. The van der Waals surface area contributed by atoms with E-state index >= 15 is 0 Å². The zero-order valence-electron chi connectivity index (χ0n) is 17.5. The quantitative estimate of drug-likeness (QED) is 0.677. The van der Waals surface area contributed by atoms with Crippen LogP contribution in [0.15, 0.2) is 40.2 Å². The minimum absolute atomic E-state index is 0.0504. The van der Waals surface area contributed by atoms with Gasteiger partial charge in [-0.15, -0.1) is 0 Å². The number of hydrogen-bond donors (Lipinski definition) is 1. The maximum absolute atomic E-state index is 13.1. The zero-order chi connectivity index (χ0) is 22.7. The molecule has 8 nitrogen and oxygen atoms in total. The summed E-state index contributed by atoms with van der Waals surface area (Å²) in [5.41, 5.74) is 0.103. The van der Waals surface area contributed by atoms with E-state index in [1.165, 1.54) is 21.1 Å². The van der Waals surface area contributed by atoms with Crippen molar-refractivity contribution >= 4 is 27.3 Å². The van der Waals surface area contributed by atoms with Gasteiger partial charge in [-0.1, -0.05) is 11.6 Å². The molecule has 0 radical (unpaired) electrons. The van der Waals surface area contributed by atoms with E-state index in [1.54, 1.807) is 6.20 Å². The molecule has 0 amide bonds. The highest BCUT2D eigenvalue weighted by atomic mass is 35.5. The van der Waals surface area contributed by atoms with Crippen LogP contribution in [0.5, 0.6) is 0 Å². The van der Waals surface area contributed by atoms with Crippen LogP contribution in [0.1, 0.15) is 31.7 Å². The van der Waals surface area contributed by atoms with Crippen LogP contribution in [0.2, 0.25) is 5.02 Å². The minimum atomic E-state index is -3.71. The molecule has 2 aliphatic heterocycles. The first-order valence-corrected chi connectivity index (χ1v) is 12.5. The van der Waals surface area contributed by atoms with Crippen molar-refractivity contribution < 1.29 is 17.5 Å². The third-order valence-electron chi connectivity index (χ3n) is 6.00. The molecule has 2 aliphatic rings. The Morgan fingerprint density at radius 3 is 2.56 bits per heavy atom. The van der Waals surface area contributed by atoms with Gasteiger partial charge < -0.3 is 10.1 Å². The lowest BCUT2D eigenvalue weighted by Gasteiger charge is -2.31. The summed E-state index contributed by atoms with van der Waals surface area (Å²) in [4.78, 5) is 12.9. The third kappa shape index (κ3) is 4.98. The Kier molecular flexibility index (Phi) is 7.14. The Balaban J connectivity index is 1.40. The maximum Gasteiger partial charge on any atom is 0.287 e. The third-order valence-corrected chi connectivity index (χ3v) is 8.28. The summed E-state index contributed by atoms with van der Waals surface area (Å²) in [7, 11) is -3.71. The molecule has 1 N–H and O–H groups in total. The van der Waals surface area contributed by atoms with Crippen LogP contribution in [-0.2, 0) is 14.8 Å². The van der Waals surface area contributed by atoms with Crippen LogP contribution in [0.25, 0.3) is 0 Å². The molecule has 0 unspecified atom stereocenters. The summed E-state index contributed by atoms with van der Waals surface area (Å²) in [6.45, 7) is 2.60. The Hall–Kier alpha value is -2.01. The van der Waals surface area contributed by atoms with Gasteiger partial charge in [0.2, 0.25) is 10.0 Å². The molecule has 174 valence electrons. The molecular weight excluding hydrogens is 459 g/mol. The second-order valence-corrected chi connectivity index (χ2v) is 10.5. The van der Waals surface area contributed by atoms with Crippen molar-refractivity contribution in [3.05, 3.63) is 51.7 Å². The molecule has 32 heavy (non-hydrogen) atoms. The monoisotopic (exact) mass is 484 g/mol. The number of piperidine rings is 1. The van der Waals surface area contributed by atoms with Gasteiger partial charge in [-0.05, 0) is 55.9 Å². The standard InChI is InChI=1S/C21H26ClFN4O4S/c22-20-19(24-12-15-2-1-11-31-14-15)13-25-27(21(20)28)17-7-9-26(10-8-17)32(29,30)18-5-3-16(23)4-6-18/h3-6,13,15,17,24H,1-2,7-12,14H2/t15-/m1/s1. The van der Waals surface area contributed by atoms with Crippen LogP contribution in [0, 0.1) is 11.7 Å². The van der Waals surface area contributed by atoms with Gasteiger partial charge in [0.15, 0.2) is 0 Å². The molecule has 3 heterocycles. The second kappa shape index (κ2) is 9.86. The number of sulfonamides is 1. The molecule has 2 fully saturated rings. The Bertz CT molecular complexity index is 1100. The van der Waals surface area contributed by atoms with Crippen molar-refractivity contribution in [2.45, 2.75) is 36.6 Å². The molecule has 1 aromatic heterocycles. The van der Waals surface area contributed by atoms with Gasteiger partial charge in [-0.25, -0.2) is 17.5 Å². The van der Waals surface area contributed by atoms with Crippen LogP contribution < -0.4 is 10.9 Å². The normalized spacial score (nSPS) is 20.9. The van der Waals surface area contributed by atoms with Crippen LogP contribution in [-0.4, -0.2) is 55.4 Å². The van der Waals surface area contributed by atoms with E-state index in [-0.39, 0.29) is 29.0 Å². The molecule has 2 saturated heterocycles. The van der Waals surface area contributed by atoms with Gasteiger partial charge in [0.1, 0.15) is 10.8 Å². The second-order valence-electron chi connectivity index (χ2n) is 8.18. The van der Waals surface area contributed by atoms with Crippen molar-refractivity contribution in [3.8, 4) is 0 Å². The van der Waals surface area contributed by atoms with E-state index < -0.39 is 21.4 Å². The number of nitrogens with zero attached hydrogens (tertiary/aromatic N) is 3. The molecule has 0 spiro atoms. The summed E-state index contributed by atoms with van der Waals surface area (Å²) in [5, 5.41) is 7.58. The zero-order valence-corrected chi connectivity index (χ0v) is 19.1. The average Bonchev–Trinajstić information content (AvgIpc) is 2.81. The van der Waals surface area contributed by atoms with Gasteiger partial charge in [0.25, 0.3) is 5.56 Å². The van der Waals surface area contributed by atoms with E-state index in [2.05, 4.69) is 10.4 Å². The first kappa shape index (κ1) is 23.2. The number of rotatable bonds is 6. The first-order valence-electron chi connectivity index (χ1n) is 10.7. The summed E-state index contributed by atoms with van der Waals surface area (Å²) in [6.07, 6.45) is 4.49. The maximum atomic E-state index is 13.1.